The predicted octanol–water partition coefficient (Wildman–Crippen LogP) is 2.02. The van der Waals surface area contributed by atoms with E-state index in [2.05, 4.69) is 10.3 Å². The van der Waals surface area contributed by atoms with E-state index in [-0.39, 0.29) is 36.6 Å². The molecule has 0 spiro atoms. The third-order valence-corrected chi connectivity index (χ3v) is 5.84. The van der Waals surface area contributed by atoms with Crippen LogP contribution in [0.3, 0.4) is 0 Å². The second kappa shape index (κ2) is 10.4. The summed E-state index contributed by atoms with van der Waals surface area (Å²) in [5.74, 6) is -0.355. The maximum Gasteiger partial charge on any atom is 0.275 e. The van der Waals surface area contributed by atoms with Crippen LogP contribution >= 0.6 is 0 Å². The number of carbonyl (C=O) groups is 2. The largest absolute Gasteiger partial charge is 0.444 e. The highest BCUT2D eigenvalue weighted by molar-refractivity contribution is 5.92. The molecule has 4 rings (SSSR count). The lowest BCUT2D eigenvalue weighted by Crippen LogP contribution is -2.47. The molecule has 33 heavy (non-hydrogen) atoms. The summed E-state index contributed by atoms with van der Waals surface area (Å²) in [6.07, 6.45) is 1.48. The summed E-state index contributed by atoms with van der Waals surface area (Å²) in [5.41, 5.74) is 2.81. The number of hydrogen-bond donors (Lipinski definition) is 3. The molecule has 1 aliphatic rings. The first-order valence-electron chi connectivity index (χ1n) is 11.0. The fourth-order valence-electron chi connectivity index (χ4n) is 3.86. The molecule has 0 unspecified atom stereocenters. The highest BCUT2D eigenvalue weighted by Gasteiger charge is 2.31. The topological polar surface area (TPSA) is 116 Å². The van der Waals surface area contributed by atoms with E-state index < -0.39 is 6.10 Å². The molecule has 1 fully saturated rings. The molecule has 1 aliphatic heterocycles. The minimum absolute atomic E-state index is 0.0465. The molecular formula is C25H27N3O5. The Bertz CT molecular complexity index is 1080. The summed E-state index contributed by atoms with van der Waals surface area (Å²) in [4.78, 5) is 30.8. The van der Waals surface area contributed by atoms with Crippen LogP contribution < -0.4 is 5.32 Å². The number of nitrogens with zero attached hydrogens (tertiary/aromatic N) is 2. The molecule has 0 aliphatic carbocycles. The Morgan fingerprint density at radius 2 is 1.85 bits per heavy atom. The minimum Gasteiger partial charge on any atom is -0.444 e. The number of aromatic nitrogens is 1. The van der Waals surface area contributed by atoms with Gasteiger partial charge in [-0.1, -0.05) is 42.5 Å². The lowest BCUT2D eigenvalue weighted by molar-refractivity contribution is -0.120. The van der Waals surface area contributed by atoms with Crippen LogP contribution in [0, 0.1) is 5.92 Å². The number of nitrogens with one attached hydrogen (secondary N) is 1. The fourth-order valence-corrected chi connectivity index (χ4v) is 3.86. The summed E-state index contributed by atoms with van der Waals surface area (Å²) < 4.78 is 5.51. The van der Waals surface area contributed by atoms with Crippen molar-refractivity contribution in [2.45, 2.75) is 25.5 Å². The Kier molecular flexibility index (Phi) is 7.16. The van der Waals surface area contributed by atoms with Crippen molar-refractivity contribution in [3.8, 4) is 11.5 Å². The van der Waals surface area contributed by atoms with Crippen LogP contribution in [0.15, 0.2) is 65.3 Å². The van der Waals surface area contributed by atoms with Gasteiger partial charge in [0.15, 0.2) is 5.69 Å². The first-order valence-corrected chi connectivity index (χ1v) is 11.0. The van der Waals surface area contributed by atoms with Crippen molar-refractivity contribution in [1.29, 1.82) is 0 Å². The zero-order valence-corrected chi connectivity index (χ0v) is 18.2. The van der Waals surface area contributed by atoms with E-state index >= 15 is 0 Å². The van der Waals surface area contributed by atoms with E-state index in [1.165, 1.54) is 6.26 Å². The molecule has 8 nitrogen and oxygen atoms in total. The Hall–Kier alpha value is -3.49. The molecular weight excluding hydrogens is 422 g/mol. The Morgan fingerprint density at radius 1 is 1.09 bits per heavy atom. The number of amides is 2. The number of aliphatic hydroxyl groups excluding tert-OH is 2. The van der Waals surface area contributed by atoms with Gasteiger partial charge in [0.1, 0.15) is 6.26 Å². The van der Waals surface area contributed by atoms with Gasteiger partial charge in [0.2, 0.25) is 11.8 Å². The van der Waals surface area contributed by atoms with Gasteiger partial charge in [-0.2, -0.15) is 0 Å². The number of likely N-dealkylation sites (tertiary alicyclic amines) is 1. The molecule has 8 heteroatoms. The SMILES string of the molecule is O=C(Cc1ccccc1)NCc1ccc(-c2nc(C(=O)N3CC[C@@H](O)[C@H](CO)C3)co2)cc1. The van der Waals surface area contributed by atoms with Gasteiger partial charge in [-0.05, 0) is 29.7 Å². The molecule has 172 valence electrons. The first kappa shape index (κ1) is 22.7. The molecule has 0 bridgehead atoms. The summed E-state index contributed by atoms with van der Waals surface area (Å²) >= 11 is 0. The van der Waals surface area contributed by atoms with Gasteiger partial charge in [0.05, 0.1) is 19.1 Å². The fraction of sp³-hybridized carbons (Fsp3) is 0.320. The van der Waals surface area contributed by atoms with Gasteiger partial charge >= 0.3 is 0 Å². The van der Waals surface area contributed by atoms with Crippen LogP contribution in [0.25, 0.3) is 11.5 Å². The number of aliphatic hydroxyl groups is 2. The normalized spacial score (nSPS) is 18.2. The second-order valence-electron chi connectivity index (χ2n) is 8.22. The Morgan fingerprint density at radius 3 is 2.58 bits per heavy atom. The highest BCUT2D eigenvalue weighted by atomic mass is 16.3. The van der Waals surface area contributed by atoms with E-state index in [4.69, 9.17) is 4.42 Å². The summed E-state index contributed by atoms with van der Waals surface area (Å²) in [6, 6.07) is 17.0. The van der Waals surface area contributed by atoms with Crippen LogP contribution in [0.2, 0.25) is 0 Å². The van der Waals surface area contributed by atoms with Crippen molar-refractivity contribution >= 4 is 11.8 Å². The van der Waals surface area contributed by atoms with Gasteiger partial charge in [-0.3, -0.25) is 9.59 Å². The Balaban J connectivity index is 1.33. The van der Waals surface area contributed by atoms with Crippen molar-refractivity contribution in [3.63, 3.8) is 0 Å². The maximum atomic E-state index is 12.7. The third-order valence-electron chi connectivity index (χ3n) is 5.84. The number of carbonyl (C=O) groups excluding carboxylic acids is 2. The smallest absolute Gasteiger partial charge is 0.275 e. The molecule has 2 amide bonds. The zero-order valence-electron chi connectivity index (χ0n) is 18.2. The monoisotopic (exact) mass is 449 g/mol. The zero-order chi connectivity index (χ0) is 23.2. The van der Waals surface area contributed by atoms with Crippen molar-refractivity contribution in [3.05, 3.63) is 77.7 Å². The predicted molar refractivity (Wildman–Crippen MR) is 121 cm³/mol. The average molecular weight is 450 g/mol. The van der Waals surface area contributed by atoms with Gasteiger partial charge in [0.25, 0.3) is 5.91 Å². The molecule has 3 aromatic rings. The number of piperidine rings is 1. The maximum absolute atomic E-state index is 12.7. The van der Waals surface area contributed by atoms with Gasteiger partial charge < -0.3 is 24.8 Å². The number of hydrogen-bond acceptors (Lipinski definition) is 6. The number of oxazole rings is 1. The standard InChI is InChI=1S/C25H27N3O5/c29-15-20-14-28(11-10-22(20)30)25(32)21-16-33-24(27-21)19-8-6-18(7-9-19)13-26-23(31)12-17-4-2-1-3-5-17/h1-9,16,20,22,29-30H,10-15H2,(H,26,31)/t20-,22+/m0/s1. The Labute approximate surface area is 191 Å². The molecule has 0 radical (unpaired) electrons. The van der Waals surface area contributed by atoms with Gasteiger partial charge in [0, 0.05) is 31.1 Å². The quantitative estimate of drug-likeness (QED) is 0.508. The van der Waals surface area contributed by atoms with E-state index in [0.717, 1.165) is 16.7 Å². The molecule has 2 atom stereocenters. The lowest BCUT2D eigenvalue weighted by Gasteiger charge is -2.34. The van der Waals surface area contributed by atoms with E-state index in [0.29, 0.717) is 31.8 Å². The van der Waals surface area contributed by atoms with Crippen LogP contribution in [0.1, 0.15) is 28.0 Å². The number of rotatable bonds is 7. The molecule has 2 aromatic carbocycles. The van der Waals surface area contributed by atoms with E-state index in [1.807, 2.05) is 54.6 Å². The minimum atomic E-state index is -0.603. The second-order valence-corrected chi connectivity index (χ2v) is 8.22. The van der Waals surface area contributed by atoms with Crippen molar-refractivity contribution < 1.29 is 24.2 Å². The first-order chi connectivity index (χ1) is 16.0. The number of benzene rings is 2. The summed E-state index contributed by atoms with van der Waals surface area (Å²) in [7, 11) is 0. The lowest BCUT2D eigenvalue weighted by atomic mass is 9.95. The van der Waals surface area contributed by atoms with Crippen molar-refractivity contribution in [1.82, 2.24) is 15.2 Å². The van der Waals surface area contributed by atoms with Gasteiger partial charge in [-0.25, -0.2) is 4.98 Å². The highest BCUT2D eigenvalue weighted by Crippen LogP contribution is 2.22. The van der Waals surface area contributed by atoms with Gasteiger partial charge in [-0.15, -0.1) is 0 Å². The third kappa shape index (κ3) is 5.66. The summed E-state index contributed by atoms with van der Waals surface area (Å²) in [5, 5.41) is 22.2. The van der Waals surface area contributed by atoms with Crippen LogP contribution in [-0.2, 0) is 17.8 Å². The van der Waals surface area contributed by atoms with Crippen molar-refractivity contribution in [2.24, 2.45) is 5.92 Å². The molecule has 1 saturated heterocycles. The molecule has 2 heterocycles. The molecule has 3 N–H and O–H groups in total. The molecule has 0 saturated carbocycles. The van der Waals surface area contributed by atoms with E-state index in [1.54, 1.807) is 4.90 Å². The summed E-state index contributed by atoms with van der Waals surface area (Å²) in [6.45, 7) is 0.926. The van der Waals surface area contributed by atoms with Crippen LogP contribution in [0.4, 0.5) is 0 Å². The average Bonchev–Trinajstić information content (AvgIpc) is 3.34. The van der Waals surface area contributed by atoms with Crippen molar-refractivity contribution in [2.75, 3.05) is 19.7 Å². The van der Waals surface area contributed by atoms with Crippen LogP contribution in [0.5, 0.6) is 0 Å². The molecule has 1 aromatic heterocycles. The van der Waals surface area contributed by atoms with E-state index in [9.17, 15) is 19.8 Å². The van der Waals surface area contributed by atoms with Crippen LogP contribution in [-0.4, -0.2) is 57.7 Å².